The maximum atomic E-state index is 9.31. The van der Waals surface area contributed by atoms with E-state index in [-0.39, 0.29) is 6.61 Å². The fraction of sp³-hybridized carbons (Fsp3) is 0.462. The number of aromatic nitrogens is 2. The number of hydrogen-bond acceptors (Lipinski definition) is 3. The minimum Gasteiger partial charge on any atom is -0.395 e. The molecule has 1 fully saturated rings. The summed E-state index contributed by atoms with van der Waals surface area (Å²) in [4.78, 5) is 6.86. The molecule has 18 heavy (non-hydrogen) atoms. The standard InChI is InChI=1S/C13H16ClN3O/c14-10-3-4-13-15-11(8-17(13)6-10)7-16-5-1-2-12(16)9-18/h3-4,6,8,12,18H,1-2,5,7,9H2. The minimum absolute atomic E-state index is 0.235. The van der Waals surface area contributed by atoms with Gasteiger partial charge in [0.25, 0.3) is 0 Å². The number of pyridine rings is 1. The maximum Gasteiger partial charge on any atom is 0.137 e. The molecule has 1 N–H and O–H groups in total. The zero-order valence-corrected chi connectivity index (χ0v) is 10.8. The lowest BCUT2D eigenvalue weighted by Crippen LogP contribution is -2.31. The molecule has 96 valence electrons. The first-order valence-corrected chi connectivity index (χ1v) is 6.62. The molecular weight excluding hydrogens is 250 g/mol. The molecule has 3 heterocycles. The average molecular weight is 266 g/mol. The third-order valence-electron chi connectivity index (χ3n) is 3.54. The summed E-state index contributed by atoms with van der Waals surface area (Å²) in [6.07, 6.45) is 6.11. The van der Waals surface area contributed by atoms with Crippen molar-refractivity contribution in [1.29, 1.82) is 0 Å². The van der Waals surface area contributed by atoms with Gasteiger partial charge in [-0.2, -0.15) is 0 Å². The van der Waals surface area contributed by atoms with Crippen molar-refractivity contribution in [3.63, 3.8) is 0 Å². The highest BCUT2D eigenvalue weighted by atomic mass is 35.5. The summed E-state index contributed by atoms with van der Waals surface area (Å²) >= 11 is 5.95. The lowest BCUT2D eigenvalue weighted by molar-refractivity contribution is 0.152. The Morgan fingerprint density at radius 2 is 2.28 bits per heavy atom. The van der Waals surface area contributed by atoms with E-state index < -0.39 is 0 Å². The first-order chi connectivity index (χ1) is 8.76. The number of halogens is 1. The van der Waals surface area contributed by atoms with Crippen LogP contribution in [0.25, 0.3) is 5.65 Å². The Hall–Kier alpha value is -1.10. The first kappa shape index (κ1) is 12.0. The molecule has 2 aromatic heterocycles. The molecule has 0 amide bonds. The van der Waals surface area contributed by atoms with Crippen LogP contribution < -0.4 is 0 Å². The van der Waals surface area contributed by atoms with E-state index in [4.69, 9.17) is 11.6 Å². The number of likely N-dealkylation sites (tertiary alicyclic amines) is 1. The molecule has 3 rings (SSSR count). The Kier molecular flexibility index (Phi) is 3.24. The second kappa shape index (κ2) is 4.88. The molecule has 0 spiro atoms. The molecule has 0 radical (unpaired) electrons. The van der Waals surface area contributed by atoms with Gasteiger partial charge in [-0.1, -0.05) is 11.6 Å². The number of imidazole rings is 1. The molecule has 1 aliphatic rings. The number of nitrogens with zero attached hydrogens (tertiary/aromatic N) is 3. The molecule has 1 atom stereocenters. The first-order valence-electron chi connectivity index (χ1n) is 6.24. The predicted molar refractivity (Wildman–Crippen MR) is 70.7 cm³/mol. The normalized spacial score (nSPS) is 20.9. The lowest BCUT2D eigenvalue weighted by atomic mass is 10.2. The summed E-state index contributed by atoms with van der Waals surface area (Å²) in [5.41, 5.74) is 1.94. The van der Waals surface area contributed by atoms with E-state index in [0.717, 1.165) is 37.3 Å². The average Bonchev–Trinajstić information content (AvgIpc) is 2.94. The summed E-state index contributed by atoms with van der Waals surface area (Å²) in [6.45, 7) is 2.07. The van der Waals surface area contributed by atoms with E-state index in [1.54, 1.807) is 0 Å². The van der Waals surface area contributed by atoms with Gasteiger partial charge < -0.3 is 9.51 Å². The minimum atomic E-state index is 0.235. The Morgan fingerprint density at radius 1 is 1.39 bits per heavy atom. The number of rotatable bonds is 3. The van der Waals surface area contributed by atoms with Gasteiger partial charge in [-0.05, 0) is 31.5 Å². The van der Waals surface area contributed by atoms with Crippen molar-refractivity contribution in [2.45, 2.75) is 25.4 Å². The van der Waals surface area contributed by atoms with Crippen LogP contribution >= 0.6 is 11.6 Å². The van der Waals surface area contributed by atoms with E-state index >= 15 is 0 Å². The molecule has 1 unspecified atom stereocenters. The number of fused-ring (bicyclic) bond motifs is 1. The van der Waals surface area contributed by atoms with Gasteiger partial charge in [-0.3, -0.25) is 4.90 Å². The van der Waals surface area contributed by atoms with E-state index in [0.29, 0.717) is 11.1 Å². The van der Waals surface area contributed by atoms with Crippen LogP contribution in [0.2, 0.25) is 5.02 Å². The van der Waals surface area contributed by atoms with Gasteiger partial charge in [0.15, 0.2) is 0 Å². The smallest absolute Gasteiger partial charge is 0.137 e. The molecule has 0 aromatic carbocycles. The highest BCUT2D eigenvalue weighted by Crippen LogP contribution is 2.20. The van der Waals surface area contributed by atoms with Crippen LogP contribution in [0, 0.1) is 0 Å². The molecule has 0 aliphatic carbocycles. The van der Waals surface area contributed by atoms with Crippen LogP contribution in [0.15, 0.2) is 24.5 Å². The van der Waals surface area contributed by atoms with Crippen molar-refractivity contribution >= 4 is 17.2 Å². The highest BCUT2D eigenvalue weighted by Gasteiger charge is 2.24. The van der Waals surface area contributed by atoms with Gasteiger partial charge in [0.05, 0.1) is 17.3 Å². The topological polar surface area (TPSA) is 40.8 Å². The van der Waals surface area contributed by atoms with E-state index in [2.05, 4.69) is 9.88 Å². The van der Waals surface area contributed by atoms with Gasteiger partial charge in [0.1, 0.15) is 5.65 Å². The molecule has 0 saturated carbocycles. The van der Waals surface area contributed by atoms with Crippen molar-refractivity contribution in [1.82, 2.24) is 14.3 Å². The Balaban J connectivity index is 1.82. The number of aliphatic hydroxyl groups excluding tert-OH is 1. The van der Waals surface area contributed by atoms with Gasteiger partial charge in [0.2, 0.25) is 0 Å². The summed E-state index contributed by atoms with van der Waals surface area (Å²) in [6, 6.07) is 4.05. The fourth-order valence-electron chi connectivity index (χ4n) is 2.61. The Bertz CT molecular complexity index is 554. The molecule has 1 aliphatic heterocycles. The summed E-state index contributed by atoms with van der Waals surface area (Å²) < 4.78 is 1.95. The molecule has 2 aromatic rings. The summed E-state index contributed by atoms with van der Waals surface area (Å²) in [5, 5.41) is 10.0. The van der Waals surface area contributed by atoms with Crippen LogP contribution in [0.5, 0.6) is 0 Å². The van der Waals surface area contributed by atoms with Gasteiger partial charge in [-0.25, -0.2) is 4.98 Å². The fourth-order valence-corrected chi connectivity index (χ4v) is 2.78. The second-order valence-electron chi connectivity index (χ2n) is 4.79. The van der Waals surface area contributed by atoms with Gasteiger partial charge >= 0.3 is 0 Å². The molecule has 5 heteroatoms. The quantitative estimate of drug-likeness (QED) is 0.922. The largest absolute Gasteiger partial charge is 0.395 e. The van der Waals surface area contributed by atoms with Crippen molar-refractivity contribution < 1.29 is 5.11 Å². The van der Waals surface area contributed by atoms with Crippen LogP contribution in [0.4, 0.5) is 0 Å². The summed E-state index contributed by atoms with van der Waals surface area (Å²) in [5.74, 6) is 0. The van der Waals surface area contributed by atoms with Crippen LogP contribution in [-0.4, -0.2) is 38.6 Å². The molecular formula is C13H16ClN3O. The second-order valence-corrected chi connectivity index (χ2v) is 5.23. The van der Waals surface area contributed by atoms with E-state index in [1.165, 1.54) is 0 Å². The third kappa shape index (κ3) is 2.23. The van der Waals surface area contributed by atoms with E-state index in [9.17, 15) is 5.11 Å². The predicted octanol–water partition coefficient (Wildman–Crippen LogP) is 1.94. The van der Waals surface area contributed by atoms with Crippen LogP contribution in [-0.2, 0) is 6.54 Å². The maximum absolute atomic E-state index is 9.31. The number of aliphatic hydroxyl groups is 1. The SMILES string of the molecule is OCC1CCCN1Cc1cn2cc(Cl)ccc2n1. The third-order valence-corrected chi connectivity index (χ3v) is 3.76. The van der Waals surface area contributed by atoms with Gasteiger partial charge in [0, 0.05) is 25.0 Å². The van der Waals surface area contributed by atoms with Crippen molar-refractivity contribution in [2.24, 2.45) is 0 Å². The van der Waals surface area contributed by atoms with Crippen LogP contribution in [0.1, 0.15) is 18.5 Å². The van der Waals surface area contributed by atoms with Gasteiger partial charge in [-0.15, -0.1) is 0 Å². The summed E-state index contributed by atoms with van der Waals surface area (Å²) in [7, 11) is 0. The monoisotopic (exact) mass is 265 g/mol. The van der Waals surface area contributed by atoms with E-state index in [1.807, 2.05) is 28.9 Å². The molecule has 4 nitrogen and oxygen atoms in total. The highest BCUT2D eigenvalue weighted by molar-refractivity contribution is 6.30. The van der Waals surface area contributed by atoms with Crippen molar-refractivity contribution in [3.8, 4) is 0 Å². The zero-order chi connectivity index (χ0) is 12.5. The lowest BCUT2D eigenvalue weighted by Gasteiger charge is -2.21. The van der Waals surface area contributed by atoms with Crippen LogP contribution in [0.3, 0.4) is 0 Å². The molecule has 0 bridgehead atoms. The number of hydrogen-bond donors (Lipinski definition) is 1. The molecule has 1 saturated heterocycles. The zero-order valence-electron chi connectivity index (χ0n) is 10.1. The van der Waals surface area contributed by atoms with Crippen molar-refractivity contribution in [3.05, 3.63) is 35.2 Å². The Labute approximate surface area is 111 Å². The Morgan fingerprint density at radius 3 is 3.11 bits per heavy atom. The van der Waals surface area contributed by atoms with Crippen molar-refractivity contribution in [2.75, 3.05) is 13.2 Å².